The summed E-state index contributed by atoms with van der Waals surface area (Å²) >= 11 is 0. The fraction of sp³-hybridized carbons (Fsp3) is 0.323. The Hall–Kier alpha value is -3.37. The monoisotopic (exact) mass is 465 g/mol. The van der Waals surface area contributed by atoms with Crippen LogP contribution in [-0.2, 0) is 6.54 Å². The summed E-state index contributed by atoms with van der Waals surface area (Å²) < 4.78 is 2.29. The van der Waals surface area contributed by atoms with Crippen LogP contribution in [-0.4, -0.2) is 29.6 Å². The van der Waals surface area contributed by atoms with E-state index in [1.165, 1.54) is 24.0 Å². The van der Waals surface area contributed by atoms with E-state index in [-0.39, 0.29) is 11.8 Å². The van der Waals surface area contributed by atoms with Gasteiger partial charge in [-0.3, -0.25) is 4.79 Å². The highest BCUT2D eigenvalue weighted by Gasteiger charge is 2.30. The maximum absolute atomic E-state index is 13.8. The van der Waals surface area contributed by atoms with E-state index in [9.17, 15) is 4.79 Å². The molecule has 1 saturated heterocycles. The number of aromatic nitrogens is 1. The summed E-state index contributed by atoms with van der Waals surface area (Å²) in [6.07, 6.45) is 4.37. The fourth-order valence-corrected chi connectivity index (χ4v) is 5.53. The van der Waals surface area contributed by atoms with Gasteiger partial charge >= 0.3 is 0 Å². The van der Waals surface area contributed by atoms with Gasteiger partial charge in [0.25, 0.3) is 5.91 Å². The second-order valence-corrected chi connectivity index (χ2v) is 9.52. The van der Waals surface area contributed by atoms with Crippen LogP contribution in [0.3, 0.4) is 0 Å². The van der Waals surface area contributed by atoms with E-state index in [0.29, 0.717) is 12.6 Å². The van der Waals surface area contributed by atoms with Crippen molar-refractivity contribution >= 4 is 16.8 Å². The summed E-state index contributed by atoms with van der Waals surface area (Å²) in [6, 6.07) is 30.2. The molecule has 35 heavy (non-hydrogen) atoms. The van der Waals surface area contributed by atoms with Crippen molar-refractivity contribution in [1.82, 2.24) is 15.2 Å². The van der Waals surface area contributed by atoms with Gasteiger partial charge in [0.05, 0.1) is 0 Å². The third kappa shape index (κ3) is 4.89. The number of carbonyl (C=O) groups is 1. The minimum absolute atomic E-state index is 0.0225. The molecule has 4 aromatic rings. The zero-order valence-electron chi connectivity index (χ0n) is 20.5. The number of rotatable bonds is 9. The molecular formula is C31H35N3O. The van der Waals surface area contributed by atoms with Gasteiger partial charge < -0.3 is 15.2 Å². The van der Waals surface area contributed by atoms with Crippen LogP contribution in [0, 0.1) is 0 Å². The molecule has 0 saturated carbocycles. The molecule has 2 N–H and O–H groups in total. The molecule has 0 radical (unpaired) electrons. The molecular weight excluding hydrogens is 430 g/mol. The number of hydrogen-bond donors (Lipinski definition) is 2. The minimum Gasteiger partial charge on any atom is -0.351 e. The number of carbonyl (C=O) groups excluding carboxylic acids is 1. The summed E-state index contributed by atoms with van der Waals surface area (Å²) in [5.74, 6) is -0.00942. The maximum Gasteiger partial charge on any atom is 0.268 e. The summed E-state index contributed by atoms with van der Waals surface area (Å²) in [5, 5.41) is 7.98. The van der Waals surface area contributed by atoms with E-state index < -0.39 is 0 Å². The van der Waals surface area contributed by atoms with Crippen molar-refractivity contribution in [2.24, 2.45) is 0 Å². The van der Waals surface area contributed by atoms with E-state index in [0.717, 1.165) is 48.1 Å². The van der Waals surface area contributed by atoms with Crippen LogP contribution in [0.5, 0.6) is 0 Å². The standard InChI is InChI=1S/C31H35N3O/c1-2-20-33-31(35)30-29(28(23-12-5-3-6-13-23)24-14-7-4-8-15-24)26-17-9-10-18-27(26)34(30)22-19-25-16-11-21-32-25/h3-10,12-15,17-18,25,28,32H,2,11,16,19-22H2,1H3,(H,33,35). The van der Waals surface area contributed by atoms with E-state index in [2.05, 4.69) is 107 Å². The zero-order valence-corrected chi connectivity index (χ0v) is 20.5. The molecule has 1 unspecified atom stereocenters. The molecule has 5 rings (SSSR count). The lowest BCUT2D eigenvalue weighted by Crippen LogP contribution is -2.29. The second kappa shape index (κ2) is 10.9. The fourth-order valence-electron chi connectivity index (χ4n) is 5.53. The molecule has 1 aromatic heterocycles. The van der Waals surface area contributed by atoms with E-state index in [1.54, 1.807) is 0 Å². The Morgan fingerprint density at radius 2 is 1.63 bits per heavy atom. The van der Waals surface area contributed by atoms with Crippen molar-refractivity contribution in [3.05, 3.63) is 107 Å². The number of nitrogens with zero attached hydrogens (tertiary/aromatic N) is 1. The van der Waals surface area contributed by atoms with Gasteiger partial charge in [-0.1, -0.05) is 85.8 Å². The Morgan fingerprint density at radius 3 is 2.26 bits per heavy atom. The Balaban J connectivity index is 1.72. The molecule has 1 atom stereocenters. The molecule has 3 aromatic carbocycles. The zero-order chi connectivity index (χ0) is 24.0. The first-order chi connectivity index (χ1) is 17.3. The predicted molar refractivity (Wildman–Crippen MR) is 144 cm³/mol. The summed E-state index contributed by atoms with van der Waals surface area (Å²) in [7, 11) is 0. The van der Waals surface area contributed by atoms with Crippen molar-refractivity contribution in [1.29, 1.82) is 0 Å². The van der Waals surface area contributed by atoms with E-state index in [1.807, 2.05) is 0 Å². The third-order valence-electron chi connectivity index (χ3n) is 7.18. The molecule has 2 heterocycles. The molecule has 0 bridgehead atoms. The normalized spacial score (nSPS) is 15.7. The average Bonchev–Trinajstić information content (AvgIpc) is 3.54. The smallest absolute Gasteiger partial charge is 0.268 e. The van der Waals surface area contributed by atoms with Crippen LogP contribution in [0.25, 0.3) is 10.9 Å². The number of nitrogens with one attached hydrogen (secondary N) is 2. The van der Waals surface area contributed by atoms with Crippen molar-refractivity contribution in [2.75, 3.05) is 13.1 Å². The SMILES string of the molecule is CCCNC(=O)c1c(C(c2ccccc2)c2ccccc2)c2ccccc2n1CCC1CCCN1. The largest absolute Gasteiger partial charge is 0.351 e. The van der Waals surface area contributed by atoms with Crippen LogP contribution in [0.15, 0.2) is 84.9 Å². The quantitative estimate of drug-likeness (QED) is 0.314. The van der Waals surface area contributed by atoms with E-state index >= 15 is 0 Å². The average molecular weight is 466 g/mol. The first-order valence-electron chi connectivity index (χ1n) is 13.0. The lowest BCUT2D eigenvalue weighted by atomic mass is 9.83. The van der Waals surface area contributed by atoms with Gasteiger partial charge in [0.15, 0.2) is 0 Å². The molecule has 180 valence electrons. The first kappa shape index (κ1) is 23.4. The van der Waals surface area contributed by atoms with Crippen molar-refractivity contribution in [3.63, 3.8) is 0 Å². The van der Waals surface area contributed by atoms with Gasteiger partial charge in [0.2, 0.25) is 0 Å². The Labute approximate surface area is 208 Å². The highest BCUT2D eigenvalue weighted by molar-refractivity contribution is 6.02. The Kier molecular flexibility index (Phi) is 7.29. The van der Waals surface area contributed by atoms with Gasteiger partial charge in [-0.25, -0.2) is 0 Å². The molecule has 1 aliphatic rings. The molecule has 4 nitrogen and oxygen atoms in total. The number of amides is 1. The molecule has 1 fully saturated rings. The third-order valence-corrected chi connectivity index (χ3v) is 7.18. The number of benzene rings is 3. The van der Waals surface area contributed by atoms with Gasteiger partial charge in [0.1, 0.15) is 5.69 Å². The highest BCUT2D eigenvalue weighted by atomic mass is 16.1. The lowest BCUT2D eigenvalue weighted by Gasteiger charge is -2.21. The van der Waals surface area contributed by atoms with Crippen molar-refractivity contribution in [3.8, 4) is 0 Å². The topological polar surface area (TPSA) is 46.1 Å². The number of fused-ring (bicyclic) bond motifs is 1. The molecule has 1 aliphatic heterocycles. The predicted octanol–water partition coefficient (Wildman–Crippen LogP) is 6.10. The van der Waals surface area contributed by atoms with Crippen LogP contribution in [0.1, 0.15) is 65.7 Å². The van der Waals surface area contributed by atoms with Crippen LogP contribution in [0.2, 0.25) is 0 Å². The van der Waals surface area contributed by atoms with Crippen molar-refractivity contribution in [2.45, 2.75) is 51.1 Å². The lowest BCUT2D eigenvalue weighted by molar-refractivity contribution is 0.0943. The molecule has 0 aliphatic carbocycles. The van der Waals surface area contributed by atoms with Crippen LogP contribution >= 0.6 is 0 Å². The van der Waals surface area contributed by atoms with Gasteiger partial charge in [-0.05, 0) is 49.4 Å². The van der Waals surface area contributed by atoms with Crippen LogP contribution < -0.4 is 10.6 Å². The Morgan fingerprint density at radius 1 is 0.971 bits per heavy atom. The minimum atomic E-state index is -0.0319. The highest BCUT2D eigenvalue weighted by Crippen LogP contribution is 2.40. The second-order valence-electron chi connectivity index (χ2n) is 9.52. The number of para-hydroxylation sites is 1. The van der Waals surface area contributed by atoms with Gasteiger partial charge in [0, 0.05) is 41.5 Å². The number of aryl methyl sites for hydroxylation is 1. The van der Waals surface area contributed by atoms with Crippen LogP contribution in [0.4, 0.5) is 0 Å². The summed E-state index contributed by atoms with van der Waals surface area (Å²) in [4.78, 5) is 13.8. The number of hydrogen-bond acceptors (Lipinski definition) is 2. The van der Waals surface area contributed by atoms with Gasteiger partial charge in [-0.2, -0.15) is 0 Å². The first-order valence-corrected chi connectivity index (χ1v) is 13.0. The van der Waals surface area contributed by atoms with E-state index in [4.69, 9.17) is 0 Å². The van der Waals surface area contributed by atoms with Gasteiger partial charge in [-0.15, -0.1) is 0 Å². The van der Waals surface area contributed by atoms with Crippen molar-refractivity contribution < 1.29 is 4.79 Å². The molecule has 1 amide bonds. The summed E-state index contributed by atoms with van der Waals surface area (Å²) in [5.41, 5.74) is 5.44. The molecule has 4 heteroatoms. The Bertz CT molecular complexity index is 1220. The molecule has 0 spiro atoms. The summed E-state index contributed by atoms with van der Waals surface area (Å²) in [6.45, 7) is 4.68. The maximum atomic E-state index is 13.8.